The van der Waals surface area contributed by atoms with Crippen molar-refractivity contribution in [3.8, 4) is 0 Å². The van der Waals surface area contributed by atoms with Gasteiger partial charge in [-0.25, -0.2) is 0 Å². The van der Waals surface area contributed by atoms with Crippen LogP contribution < -0.4 is 0 Å². The first-order valence-electron chi connectivity index (χ1n) is 7.61. The second-order valence-electron chi connectivity index (χ2n) is 6.34. The van der Waals surface area contributed by atoms with Gasteiger partial charge in [0, 0.05) is 25.9 Å². The highest BCUT2D eigenvalue weighted by molar-refractivity contribution is 5.85. The Kier molecular flexibility index (Phi) is 4.26. The van der Waals surface area contributed by atoms with Crippen molar-refractivity contribution in [2.75, 3.05) is 26.3 Å². The summed E-state index contributed by atoms with van der Waals surface area (Å²) < 4.78 is 135. The fourth-order valence-electron chi connectivity index (χ4n) is 3.12. The molecule has 0 radical (unpaired) electrons. The highest BCUT2D eigenvalue weighted by Gasteiger charge is 2.96. The molecular weight excluding hydrogens is 405 g/mol. The smallest absolute Gasteiger partial charge is 0.347 e. The largest absolute Gasteiger partial charge is 0.428 e. The molecule has 0 aromatic heterocycles. The molecule has 0 N–H and O–H groups in total. The number of amides is 1. The molecule has 156 valence electrons. The molecule has 27 heavy (non-hydrogen) atoms. The Balaban J connectivity index is 1.84. The van der Waals surface area contributed by atoms with Crippen LogP contribution in [0.2, 0.25) is 0 Å². The molecule has 0 aromatic rings. The number of hydrogen-bond acceptors (Lipinski definition) is 4. The van der Waals surface area contributed by atoms with Gasteiger partial charge in [0.05, 0.1) is 13.2 Å². The molecule has 3 fully saturated rings. The molecule has 1 atom stereocenters. The standard InChI is InChI=1S/C13H12F9NO4/c14-9(15,12(20)10(16,17)11(18,19)13(21,22)27-12)7(24)23-3-1-8(2-4-23)25-5-6-26-8/h1-6H2. The molecule has 1 amide bonds. The van der Waals surface area contributed by atoms with Crippen LogP contribution in [-0.2, 0) is 19.0 Å². The molecule has 3 saturated heterocycles. The average Bonchev–Trinajstić information content (AvgIpc) is 3.04. The SMILES string of the molecule is O=C(N1CCC2(CC1)OCCO2)C(F)(F)C1(F)OC(F)(F)C(F)(F)C1(F)F. The number of carbonyl (C=O) groups is 1. The van der Waals surface area contributed by atoms with Crippen LogP contribution in [0.1, 0.15) is 12.8 Å². The Morgan fingerprint density at radius 1 is 0.852 bits per heavy atom. The van der Waals surface area contributed by atoms with Gasteiger partial charge < -0.3 is 14.4 Å². The van der Waals surface area contributed by atoms with Gasteiger partial charge in [0.2, 0.25) is 0 Å². The lowest BCUT2D eigenvalue weighted by Crippen LogP contribution is -2.66. The van der Waals surface area contributed by atoms with Crippen LogP contribution in [0, 0.1) is 0 Å². The Hall–Kier alpha value is -1.28. The van der Waals surface area contributed by atoms with E-state index >= 15 is 0 Å². The van der Waals surface area contributed by atoms with E-state index < -0.39 is 54.5 Å². The number of nitrogens with zero attached hydrogens (tertiary/aromatic N) is 1. The molecular formula is C13H12F9NO4. The van der Waals surface area contributed by atoms with E-state index in [1.165, 1.54) is 0 Å². The summed E-state index contributed by atoms with van der Waals surface area (Å²) in [5.74, 6) is -29.4. The van der Waals surface area contributed by atoms with E-state index in [9.17, 15) is 44.3 Å². The van der Waals surface area contributed by atoms with Gasteiger partial charge in [-0.15, -0.1) is 0 Å². The molecule has 0 saturated carbocycles. The summed E-state index contributed by atoms with van der Waals surface area (Å²) in [4.78, 5) is 12.0. The Morgan fingerprint density at radius 3 is 1.74 bits per heavy atom. The summed E-state index contributed by atoms with van der Waals surface area (Å²) in [5.41, 5.74) is 0. The minimum Gasteiger partial charge on any atom is -0.347 e. The van der Waals surface area contributed by atoms with Crippen molar-refractivity contribution in [3.63, 3.8) is 0 Å². The van der Waals surface area contributed by atoms with Crippen molar-refractivity contribution in [2.45, 2.75) is 48.4 Å². The van der Waals surface area contributed by atoms with E-state index in [0.29, 0.717) is 0 Å². The van der Waals surface area contributed by atoms with E-state index in [-0.39, 0.29) is 31.0 Å². The summed E-state index contributed by atoms with van der Waals surface area (Å²) in [7, 11) is 0. The minimum absolute atomic E-state index is 0.172. The predicted molar refractivity (Wildman–Crippen MR) is 65.2 cm³/mol. The Morgan fingerprint density at radius 2 is 1.33 bits per heavy atom. The highest BCUT2D eigenvalue weighted by atomic mass is 19.4. The first-order valence-corrected chi connectivity index (χ1v) is 7.61. The molecule has 0 aromatic carbocycles. The first kappa shape index (κ1) is 20.5. The van der Waals surface area contributed by atoms with E-state index in [1.807, 2.05) is 0 Å². The molecule has 3 aliphatic rings. The maximum atomic E-state index is 14.2. The van der Waals surface area contributed by atoms with E-state index in [1.54, 1.807) is 0 Å². The highest BCUT2D eigenvalue weighted by Crippen LogP contribution is 2.64. The normalized spacial score (nSPS) is 34.2. The molecule has 3 aliphatic heterocycles. The van der Waals surface area contributed by atoms with Crippen LogP contribution >= 0.6 is 0 Å². The summed E-state index contributed by atoms with van der Waals surface area (Å²) in [6.45, 7) is -0.824. The number of likely N-dealkylation sites (tertiary alicyclic amines) is 1. The third-order valence-electron chi connectivity index (χ3n) is 4.73. The summed E-state index contributed by atoms with van der Waals surface area (Å²) >= 11 is 0. The van der Waals surface area contributed by atoms with Crippen molar-refractivity contribution in [3.05, 3.63) is 0 Å². The lowest BCUT2D eigenvalue weighted by molar-refractivity contribution is -0.368. The summed E-state index contributed by atoms with van der Waals surface area (Å²) in [6.07, 6.45) is -6.65. The van der Waals surface area contributed by atoms with Gasteiger partial charge in [-0.3, -0.25) is 9.53 Å². The molecule has 5 nitrogen and oxygen atoms in total. The van der Waals surface area contributed by atoms with Crippen LogP contribution in [-0.4, -0.2) is 72.6 Å². The lowest BCUT2D eigenvalue weighted by atomic mass is 9.97. The van der Waals surface area contributed by atoms with Crippen LogP contribution in [0.5, 0.6) is 0 Å². The molecule has 0 aliphatic carbocycles. The van der Waals surface area contributed by atoms with Crippen molar-refractivity contribution < 1.29 is 58.5 Å². The van der Waals surface area contributed by atoms with Gasteiger partial charge in [0.15, 0.2) is 5.79 Å². The number of alkyl halides is 9. The molecule has 14 heteroatoms. The number of hydrogen-bond donors (Lipinski definition) is 0. The number of halogens is 9. The zero-order valence-electron chi connectivity index (χ0n) is 13.2. The van der Waals surface area contributed by atoms with Crippen LogP contribution in [0.25, 0.3) is 0 Å². The monoisotopic (exact) mass is 417 g/mol. The zero-order chi connectivity index (χ0) is 20.5. The first-order chi connectivity index (χ1) is 12.1. The van der Waals surface area contributed by atoms with Crippen molar-refractivity contribution in [1.82, 2.24) is 4.90 Å². The van der Waals surface area contributed by atoms with Crippen LogP contribution in [0.3, 0.4) is 0 Å². The topological polar surface area (TPSA) is 48.0 Å². The fourth-order valence-corrected chi connectivity index (χ4v) is 3.12. The van der Waals surface area contributed by atoms with Crippen molar-refractivity contribution in [2.24, 2.45) is 0 Å². The molecule has 1 spiro atoms. The van der Waals surface area contributed by atoms with Crippen molar-refractivity contribution >= 4 is 5.91 Å². The number of ether oxygens (including phenoxy) is 3. The number of piperidine rings is 1. The molecule has 3 heterocycles. The molecule has 0 bridgehead atoms. The third kappa shape index (κ3) is 2.48. The lowest BCUT2D eigenvalue weighted by Gasteiger charge is -2.40. The van der Waals surface area contributed by atoms with Gasteiger partial charge in [-0.05, 0) is 0 Å². The van der Waals surface area contributed by atoms with Gasteiger partial charge in [-0.2, -0.15) is 39.5 Å². The second kappa shape index (κ2) is 5.63. The van der Waals surface area contributed by atoms with E-state index in [4.69, 9.17) is 9.47 Å². The summed E-state index contributed by atoms with van der Waals surface area (Å²) in [5, 5.41) is 0. The maximum Gasteiger partial charge on any atom is 0.428 e. The van der Waals surface area contributed by atoms with Crippen molar-refractivity contribution in [1.29, 1.82) is 0 Å². The Labute approximate surface area is 145 Å². The predicted octanol–water partition coefficient (Wildman–Crippen LogP) is 2.55. The van der Waals surface area contributed by atoms with Gasteiger partial charge in [-0.1, -0.05) is 0 Å². The van der Waals surface area contributed by atoms with Gasteiger partial charge >= 0.3 is 29.7 Å². The fraction of sp³-hybridized carbons (Fsp3) is 0.923. The van der Waals surface area contributed by atoms with E-state index in [0.717, 1.165) is 0 Å². The Bertz CT molecular complexity index is 627. The van der Waals surface area contributed by atoms with Crippen LogP contribution in [0.15, 0.2) is 0 Å². The summed E-state index contributed by atoms with van der Waals surface area (Å²) in [6, 6.07) is 0. The zero-order valence-corrected chi connectivity index (χ0v) is 13.2. The second-order valence-corrected chi connectivity index (χ2v) is 6.34. The van der Waals surface area contributed by atoms with Gasteiger partial charge in [0.25, 0.3) is 5.91 Å². The third-order valence-corrected chi connectivity index (χ3v) is 4.73. The molecule has 1 unspecified atom stereocenters. The van der Waals surface area contributed by atoms with E-state index in [2.05, 4.69) is 4.74 Å². The molecule has 3 rings (SSSR count). The van der Waals surface area contributed by atoms with Crippen LogP contribution in [0.4, 0.5) is 39.5 Å². The number of rotatable bonds is 2. The minimum atomic E-state index is -6.68. The average molecular weight is 417 g/mol. The quantitative estimate of drug-likeness (QED) is 0.649. The number of carbonyl (C=O) groups excluding carboxylic acids is 1. The maximum absolute atomic E-state index is 14.2. The van der Waals surface area contributed by atoms with Gasteiger partial charge in [0.1, 0.15) is 0 Å².